The normalized spacial score (nSPS) is 16.5. The highest BCUT2D eigenvalue weighted by Crippen LogP contribution is 2.47. The smallest absolute Gasteiger partial charge is 0.229 e. The zero-order valence-electron chi connectivity index (χ0n) is 19.4. The molecule has 1 saturated heterocycles. The van der Waals surface area contributed by atoms with Gasteiger partial charge in [-0.3, -0.25) is 4.79 Å². The molecule has 164 valence electrons. The lowest BCUT2D eigenvalue weighted by Gasteiger charge is -2.30. The van der Waals surface area contributed by atoms with Gasteiger partial charge in [0, 0.05) is 30.1 Å². The summed E-state index contributed by atoms with van der Waals surface area (Å²) in [7, 11) is 4.18. The summed E-state index contributed by atoms with van der Waals surface area (Å²) in [4.78, 5) is 17.5. The maximum atomic E-state index is 13.0. The van der Waals surface area contributed by atoms with Crippen LogP contribution in [0, 0.1) is 23.7 Å². The number of carbonyl (C=O) groups excluding carboxylic acids is 1. The molecule has 1 atom stereocenters. The minimum atomic E-state index is -0.592. The predicted octanol–water partition coefficient (Wildman–Crippen LogP) is 4.24. The number of nitrogens with zero attached hydrogens (tertiary/aromatic N) is 3. The standard InChI is InChI=1S/C25H33N5O/c1-16-19(14-26)21(27)22(28-24(31)25(2,3)4)23(20(16)17-10-8-7-9-11-17)30-13-12-18(15-30)29(5)6/h7-11,18H,12-13,15,27H2,1-6H3,(H,28,31). The molecule has 0 spiro atoms. The molecule has 0 aliphatic carbocycles. The number of nitrogens with two attached hydrogens (primary N) is 1. The first kappa shape index (κ1) is 22.6. The Bertz CT molecular complexity index is 1020. The van der Waals surface area contributed by atoms with Gasteiger partial charge in [-0.25, -0.2) is 0 Å². The summed E-state index contributed by atoms with van der Waals surface area (Å²) in [5, 5.41) is 13.0. The van der Waals surface area contributed by atoms with E-state index in [1.807, 2.05) is 58.0 Å². The summed E-state index contributed by atoms with van der Waals surface area (Å²) in [5.41, 5.74) is 10.9. The molecule has 1 aliphatic heterocycles. The SMILES string of the molecule is Cc1c(C#N)c(N)c(NC(=O)C(C)(C)C)c(N2CCC(N(C)C)C2)c1-c1ccccc1. The van der Waals surface area contributed by atoms with Gasteiger partial charge in [0.1, 0.15) is 6.07 Å². The van der Waals surface area contributed by atoms with Crippen LogP contribution in [0.25, 0.3) is 11.1 Å². The maximum Gasteiger partial charge on any atom is 0.229 e. The Morgan fingerprint density at radius 1 is 1.26 bits per heavy atom. The topological polar surface area (TPSA) is 85.4 Å². The second kappa shape index (κ2) is 8.60. The first-order valence-corrected chi connectivity index (χ1v) is 10.7. The second-order valence-corrected chi connectivity index (χ2v) is 9.55. The molecule has 2 aromatic carbocycles. The van der Waals surface area contributed by atoms with Crippen LogP contribution in [-0.2, 0) is 4.79 Å². The molecule has 1 fully saturated rings. The van der Waals surface area contributed by atoms with Crippen molar-refractivity contribution in [3.63, 3.8) is 0 Å². The number of hydrogen-bond donors (Lipinski definition) is 2. The molecular weight excluding hydrogens is 386 g/mol. The van der Waals surface area contributed by atoms with Crippen LogP contribution in [0.2, 0.25) is 0 Å². The van der Waals surface area contributed by atoms with E-state index < -0.39 is 5.41 Å². The number of amides is 1. The third-order valence-electron chi connectivity index (χ3n) is 6.07. The van der Waals surface area contributed by atoms with Gasteiger partial charge in [0.2, 0.25) is 5.91 Å². The average molecular weight is 420 g/mol. The van der Waals surface area contributed by atoms with E-state index >= 15 is 0 Å². The van der Waals surface area contributed by atoms with Gasteiger partial charge in [0.25, 0.3) is 0 Å². The second-order valence-electron chi connectivity index (χ2n) is 9.55. The average Bonchev–Trinajstić information content (AvgIpc) is 3.20. The van der Waals surface area contributed by atoms with Gasteiger partial charge in [-0.05, 0) is 38.6 Å². The van der Waals surface area contributed by atoms with Crippen molar-refractivity contribution in [2.24, 2.45) is 5.41 Å². The van der Waals surface area contributed by atoms with Gasteiger partial charge < -0.3 is 20.9 Å². The molecule has 0 aromatic heterocycles. The molecule has 0 saturated carbocycles. The third kappa shape index (κ3) is 4.38. The van der Waals surface area contributed by atoms with Crippen LogP contribution in [0.5, 0.6) is 0 Å². The van der Waals surface area contributed by atoms with Crippen molar-refractivity contribution in [3.05, 3.63) is 41.5 Å². The fraction of sp³-hybridized carbons (Fsp3) is 0.440. The monoisotopic (exact) mass is 419 g/mol. The Balaban J connectivity index is 2.30. The van der Waals surface area contributed by atoms with E-state index in [2.05, 4.69) is 35.3 Å². The fourth-order valence-corrected chi connectivity index (χ4v) is 4.09. The van der Waals surface area contributed by atoms with E-state index in [-0.39, 0.29) is 5.91 Å². The van der Waals surface area contributed by atoms with Gasteiger partial charge in [-0.1, -0.05) is 51.1 Å². The quantitative estimate of drug-likeness (QED) is 0.724. The first-order valence-electron chi connectivity index (χ1n) is 10.7. The van der Waals surface area contributed by atoms with E-state index in [1.165, 1.54) is 0 Å². The Morgan fingerprint density at radius 2 is 1.90 bits per heavy atom. The van der Waals surface area contributed by atoms with Crippen LogP contribution in [0.4, 0.5) is 17.1 Å². The van der Waals surface area contributed by atoms with Crippen LogP contribution in [0.15, 0.2) is 30.3 Å². The lowest BCUT2D eigenvalue weighted by atomic mass is 9.90. The molecular formula is C25H33N5O. The number of nitrogens with one attached hydrogen (secondary N) is 1. The van der Waals surface area contributed by atoms with Crippen molar-refractivity contribution in [1.82, 2.24) is 4.90 Å². The van der Waals surface area contributed by atoms with Gasteiger partial charge in [-0.2, -0.15) is 5.26 Å². The highest BCUT2D eigenvalue weighted by Gasteiger charge is 2.33. The molecule has 2 aromatic rings. The summed E-state index contributed by atoms with van der Waals surface area (Å²) in [6.45, 7) is 9.23. The lowest BCUT2D eigenvalue weighted by molar-refractivity contribution is -0.123. The molecule has 1 heterocycles. The molecule has 0 radical (unpaired) electrons. The van der Waals surface area contributed by atoms with E-state index in [0.29, 0.717) is 23.0 Å². The summed E-state index contributed by atoms with van der Waals surface area (Å²) in [6.07, 6.45) is 1.02. The van der Waals surface area contributed by atoms with Crippen LogP contribution < -0.4 is 16.0 Å². The van der Waals surface area contributed by atoms with E-state index in [1.54, 1.807) is 0 Å². The molecule has 3 rings (SSSR count). The summed E-state index contributed by atoms with van der Waals surface area (Å²) in [5.74, 6) is -0.129. The van der Waals surface area contributed by atoms with Crippen molar-refractivity contribution in [2.45, 2.75) is 40.2 Å². The number of benzene rings is 2. The van der Waals surface area contributed by atoms with Gasteiger partial charge in [0.05, 0.1) is 22.6 Å². The molecule has 1 aliphatic rings. The van der Waals surface area contributed by atoms with Crippen LogP contribution in [-0.4, -0.2) is 44.0 Å². The summed E-state index contributed by atoms with van der Waals surface area (Å²) in [6, 6.07) is 12.7. The Labute approximate surface area is 185 Å². The molecule has 6 nitrogen and oxygen atoms in total. The Morgan fingerprint density at radius 3 is 2.42 bits per heavy atom. The van der Waals surface area contributed by atoms with Crippen molar-refractivity contribution in [1.29, 1.82) is 5.26 Å². The molecule has 6 heteroatoms. The largest absolute Gasteiger partial charge is 0.396 e. The van der Waals surface area contributed by atoms with Crippen LogP contribution in [0.1, 0.15) is 38.3 Å². The summed E-state index contributed by atoms with van der Waals surface area (Å²) >= 11 is 0. The minimum absolute atomic E-state index is 0.129. The number of anilines is 3. The Kier molecular flexibility index (Phi) is 6.28. The maximum absolute atomic E-state index is 13.0. The van der Waals surface area contributed by atoms with Crippen molar-refractivity contribution >= 4 is 23.0 Å². The van der Waals surface area contributed by atoms with Gasteiger partial charge in [-0.15, -0.1) is 0 Å². The predicted molar refractivity (Wildman–Crippen MR) is 128 cm³/mol. The molecule has 31 heavy (non-hydrogen) atoms. The van der Waals surface area contributed by atoms with Crippen LogP contribution >= 0.6 is 0 Å². The van der Waals surface area contributed by atoms with E-state index in [4.69, 9.17) is 5.73 Å². The van der Waals surface area contributed by atoms with E-state index in [0.717, 1.165) is 41.9 Å². The van der Waals surface area contributed by atoms with E-state index in [9.17, 15) is 10.1 Å². The number of likely N-dealkylation sites (N-methyl/N-ethyl adjacent to an activating group) is 1. The number of carbonyl (C=O) groups is 1. The first-order chi connectivity index (χ1) is 14.6. The number of hydrogen-bond acceptors (Lipinski definition) is 5. The van der Waals surface area contributed by atoms with Crippen molar-refractivity contribution < 1.29 is 4.79 Å². The minimum Gasteiger partial charge on any atom is -0.396 e. The Hall–Kier alpha value is -3.04. The number of rotatable bonds is 4. The highest BCUT2D eigenvalue weighted by atomic mass is 16.2. The van der Waals surface area contributed by atoms with Crippen molar-refractivity contribution in [2.75, 3.05) is 43.1 Å². The molecule has 1 amide bonds. The van der Waals surface area contributed by atoms with Gasteiger partial charge >= 0.3 is 0 Å². The zero-order chi connectivity index (χ0) is 22.9. The highest BCUT2D eigenvalue weighted by molar-refractivity contribution is 6.06. The number of nitriles is 1. The summed E-state index contributed by atoms with van der Waals surface area (Å²) < 4.78 is 0. The zero-order valence-corrected chi connectivity index (χ0v) is 19.4. The molecule has 0 bridgehead atoms. The van der Waals surface area contributed by atoms with Gasteiger partial charge in [0.15, 0.2) is 0 Å². The lowest BCUT2D eigenvalue weighted by Crippen LogP contribution is -2.33. The molecule has 3 N–H and O–H groups in total. The van der Waals surface area contributed by atoms with Crippen molar-refractivity contribution in [3.8, 4) is 17.2 Å². The fourth-order valence-electron chi connectivity index (χ4n) is 4.09. The van der Waals surface area contributed by atoms with Crippen LogP contribution in [0.3, 0.4) is 0 Å². The molecule has 1 unspecified atom stereocenters. The number of nitrogen functional groups attached to an aromatic ring is 1. The third-order valence-corrected chi connectivity index (χ3v) is 6.07.